The van der Waals surface area contributed by atoms with Crippen molar-refractivity contribution >= 4 is 5.91 Å². The van der Waals surface area contributed by atoms with Gasteiger partial charge in [0.25, 0.3) is 5.91 Å². The quantitative estimate of drug-likeness (QED) is 0.867. The lowest BCUT2D eigenvalue weighted by molar-refractivity contribution is -0.131. The SMILES string of the molecule is CC1=C(C(=O)N2CCOCC2)C(c2ccc(C)cc2)C(C#N)=C(CC(C)C)N1. The van der Waals surface area contributed by atoms with Crippen LogP contribution in [0.2, 0.25) is 0 Å². The monoisotopic (exact) mass is 379 g/mol. The van der Waals surface area contributed by atoms with Crippen LogP contribution in [-0.2, 0) is 9.53 Å². The van der Waals surface area contributed by atoms with Crippen molar-refractivity contribution in [1.29, 1.82) is 5.26 Å². The van der Waals surface area contributed by atoms with Gasteiger partial charge in [-0.2, -0.15) is 5.26 Å². The molecule has 0 radical (unpaired) electrons. The Labute approximate surface area is 167 Å². The van der Waals surface area contributed by atoms with E-state index in [1.165, 1.54) is 0 Å². The van der Waals surface area contributed by atoms with E-state index in [0.29, 0.717) is 43.4 Å². The predicted octanol–water partition coefficient (Wildman–Crippen LogP) is 3.64. The van der Waals surface area contributed by atoms with Gasteiger partial charge in [-0.3, -0.25) is 4.79 Å². The molecule has 1 N–H and O–H groups in total. The van der Waals surface area contributed by atoms with Gasteiger partial charge in [0.15, 0.2) is 0 Å². The lowest BCUT2D eigenvalue weighted by atomic mass is 9.79. The Balaban J connectivity index is 2.09. The summed E-state index contributed by atoms with van der Waals surface area (Å²) in [6, 6.07) is 10.6. The number of nitrogens with one attached hydrogen (secondary N) is 1. The predicted molar refractivity (Wildman–Crippen MR) is 109 cm³/mol. The fourth-order valence-corrected chi connectivity index (χ4v) is 3.91. The highest BCUT2D eigenvalue weighted by atomic mass is 16.5. The number of carbonyl (C=O) groups excluding carboxylic acids is 1. The van der Waals surface area contributed by atoms with Gasteiger partial charge >= 0.3 is 0 Å². The fraction of sp³-hybridized carbons (Fsp3) is 0.478. The number of allylic oxidation sites excluding steroid dienone is 3. The molecule has 1 amide bonds. The molecule has 0 bridgehead atoms. The molecule has 1 unspecified atom stereocenters. The van der Waals surface area contributed by atoms with Crippen LogP contribution in [0.15, 0.2) is 46.8 Å². The third-order valence-corrected chi connectivity index (χ3v) is 5.32. The van der Waals surface area contributed by atoms with Gasteiger partial charge in [0.05, 0.1) is 30.8 Å². The third-order valence-electron chi connectivity index (χ3n) is 5.32. The number of morpholine rings is 1. The number of dihydropyridines is 1. The van der Waals surface area contributed by atoms with Crippen LogP contribution in [0.5, 0.6) is 0 Å². The zero-order valence-electron chi connectivity index (χ0n) is 17.2. The van der Waals surface area contributed by atoms with Crippen LogP contribution >= 0.6 is 0 Å². The summed E-state index contributed by atoms with van der Waals surface area (Å²) in [7, 11) is 0. The molecule has 5 heteroatoms. The second kappa shape index (κ2) is 8.62. The van der Waals surface area contributed by atoms with Gasteiger partial charge in [-0.05, 0) is 31.7 Å². The van der Waals surface area contributed by atoms with E-state index in [1.54, 1.807) is 0 Å². The Kier molecular flexibility index (Phi) is 6.21. The molecule has 2 aliphatic heterocycles. The molecule has 1 aromatic carbocycles. The van der Waals surface area contributed by atoms with Crippen LogP contribution in [0.1, 0.15) is 44.2 Å². The highest BCUT2D eigenvalue weighted by Gasteiger charge is 2.36. The van der Waals surface area contributed by atoms with Gasteiger partial charge in [-0.1, -0.05) is 43.7 Å². The summed E-state index contributed by atoms with van der Waals surface area (Å²) in [5.74, 6) is 0.0694. The number of hydrogen-bond donors (Lipinski definition) is 1. The largest absolute Gasteiger partial charge is 0.378 e. The molecular formula is C23H29N3O2. The lowest BCUT2D eigenvalue weighted by Gasteiger charge is -2.35. The van der Waals surface area contributed by atoms with E-state index in [2.05, 4.69) is 25.2 Å². The van der Waals surface area contributed by atoms with Gasteiger partial charge in [0.2, 0.25) is 0 Å². The second-order valence-electron chi connectivity index (χ2n) is 8.01. The van der Waals surface area contributed by atoms with Crippen LogP contribution in [0.3, 0.4) is 0 Å². The second-order valence-corrected chi connectivity index (χ2v) is 8.01. The number of ether oxygens (including phenoxy) is 1. The highest BCUT2D eigenvalue weighted by molar-refractivity contribution is 5.97. The highest BCUT2D eigenvalue weighted by Crippen LogP contribution is 2.40. The average molecular weight is 380 g/mol. The van der Waals surface area contributed by atoms with Crippen molar-refractivity contribution in [2.24, 2.45) is 5.92 Å². The first-order valence-electron chi connectivity index (χ1n) is 9.97. The van der Waals surface area contributed by atoms with E-state index >= 15 is 0 Å². The molecule has 0 saturated carbocycles. The standard InChI is InChI=1S/C23H29N3O2/c1-15(2)13-20-19(14-24)22(18-7-5-16(3)6-8-18)21(17(4)25-20)23(27)26-9-11-28-12-10-26/h5-8,15,22,25H,9-13H2,1-4H3. The van der Waals surface area contributed by atoms with Crippen LogP contribution in [0.25, 0.3) is 0 Å². The molecule has 2 heterocycles. The zero-order valence-corrected chi connectivity index (χ0v) is 17.2. The number of rotatable bonds is 4. The molecule has 1 saturated heterocycles. The Bertz CT molecular complexity index is 838. The number of nitrogens with zero attached hydrogens (tertiary/aromatic N) is 2. The van der Waals surface area contributed by atoms with Gasteiger partial charge in [-0.15, -0.1) is 0 Å². The molecular weight excluding hydrogens is 350 g/mol. The van der Waals surface area contributed by atoms with Crippen molar-refractivity contribution in [2.75, 3.05) is 26.3 Å². The molecule has 3 rings (SSSR count). The van der Waals surface area contributed by atoms with Crippen LogP contribution in [0.4, 0.5) is 0 Å². The molecule has 1 aromatic rings. The molecule has 0 spiro atoms. The lowest BCUT2D eigenvalue weighted by Crippen LogP contribution is -2.44. The van der Waals surface area contributed by atoms with Gasteiger partial charge in [-0.25, -0.2) is 0 Å². The zero-order chi connectivity index (χ0) is 20.3. The Morgan fingerprint density at radius 2 is 1.89 bits per heavy atom. The van der Waals surface area contributed by atoms with Crippen molar-refractivity contribution < 1.29 is 9.53 Å². The molecule has 28 heavy (non-hydrogen) atoms. The first kappa shape index (κ1) is 20.2. The van der Waals surface area contributed by atoms with Crippen LogP contribution < -0.4 is 5.32 Å². The summed E-state index contributed by atoms with van der Waals surface area (Å²) < 4.78 is 5.40. The van der Waals surface area contributed by atoms with E-state index in [4.69, 9.17) is 4.74 Å². The third kappa shape index (κ3) is 4.13. The minimum atomic E-state index is -0.337. The molecule has 0 aliphatic carbocycles. The van der Waals surface area contributed by atoms with Gasteiger partial charge in [0.1, 0.15) is 0 Å². The molecule has 2 aliphatic rings. The molecule has 148 valence electrons. The van der Waals surface area contributed by atoms with E-state index < -0.39 is 0 Å². The molecule has 5 nitrogen and oxygen atoms in total. The molecule has 1 fully saturated rings. The Morgan fingerprint density at radius 3 is 2.46 bits per heavy atom. The summed E-state index contributed by atoms with van der Waals surface area (Å²) in [6.45, 7) is 10.5. The minimum Gasteiger partial charge on any atom is -0.378 e. The summed E-state index contributed by atoms with van der Waals surface area (Å²) in [5.41, 5.74) is 5.25. The van der Waals surface area contributed by atoms with Crippen molar-refractivity contribution in [1.82, 2.24) is 10.2 Å². The first-order valence-corrected chi connectivity index (χ1v) is 9.97. The first-order chi connectivity index (χ1) is 13.4. The van der Waals surface area contributed by atoms with Crippen LogP contribution in [-0.4, -0.2) is 37.1 Å². The number of nitriles is 1. The number of aryl methyl sites for hydroxylation is 1. The topological polar surface area (TPSA) is 65.4 Å². The number of hydrogen-bond acceptors (Lipinski definition) is 4. The number of amides is 1. The van der Waals surface area contributed by atoms with Crippen molar-refractivity contribution in [2.45, 2.75) is 40.0 Å². The normalized spacial score (nSPS) is 20.3. The maximum atomic E-state index is 13.4. The minimum absolute atomic E-state index is 0.00442. The maximum absolute atomic E-state index is 13.4. The van der Waals surface area contributed by atoms with E-state index in [-0.39, 0.29) is 11.8 Å². The Hall–Kier alpha value is -2.58. The van der Waals surface area contributed by atoms with Crippen LogP contribution in [0, 0.1) is 24.2 Å². The maximum Gasteiger partial charge on any atom is 0.252 e. The Morgan fingerprint density at radius 1 is 1.25 bits per heavy atom. The smallest absolute Gasteiger partial charge is 0.252 e. The van der Waals surface area contributed by atoms with E-state index in [1.807, 2.05) is 43.0 Å². The van der Waals surface area contributed by atoms with E-state index in [0.717, 1.165) is 28.9 Å². The van der Waals surface area contributed by atoms with Crippen molar-refractivity contribution in [3.63, 3.8) is 0 Å². The van der Waals surface area contributed by atoms with Crippen molar-refractivity contribution in [3.8, 4) is 6.07 Å². The number of carbonyl (C=O) groups is 1. The summed E-state index contributed by atoms with van der Waals surface area (Å²) in [6.07, 6.45) is 0.779. The summed E-state index contributed by atoms with van der Waals surface area (Å²) >= 11 is 0. The molecule has 0 aromatic heterocycles. The summed E-state index contributed by atoms with van der Waals surface area (Å²) in [5, 5.41) is 13.4. The van der Waals surface area contributed by atoms with Crippen molar-refractivity contribution in [3.05, 3.63) is 57.9 Å². The van der Waals surface area contributed by atoms with Gasteiger partial charge < -0.3 is 15.0 Å². The average Bonchev–Trinajstić information content (AvgIpc) is 2.68. The van der Waals surface area contributed by atoms with Gasteiger partial charge in [0, 0.05) is 30.1 Å². The molecule has 1 atom stereocenters. The van der Waals surface area contributed by atoms with E-state index in [9.17, 15) is 10.1 Å². The summed E-state index contributed by atoms with van der Waals surface area (Å²) in [4.78, 5) is 15.3. The fourth-order valence-electron chi connectivity index (χ4n) is 3.91. The number of benzene rings is 1.